The highest BCUT2D eigenvalue weighted by molar-refractivity contribution is 4.95. The fourth-order valence-corrected chi connectivity index (χ4v) is 1.32. The van der Waals surface area contributed by atoms with Gasteiger partial charge >= 0.3 is 0 Å². The van der Waals surface area contributed by atoms with Crippen LogP contribution in [-0.2, 0) is 6.42 Å². The van der Waals surface area contributed by atoms with Crippen LogP contribution in [0.15, 0.2) is 6.33 Å². The van der Waals surface area contributed by atoms with E-state index in [4.69, 9.17) is 5.73 Å². The molecule has 1 rings (SSSR count). The molecule has 0 saturated carbocycles. The molecule has 0 aliphatic heterocycles. The Bertz CT molecular complexity index is 288. The molecule has 0 aromatic carbocycles. The molecule has 0 spiro atoms. The van der Waals surface area contributed by atoms with E-state index < -0.39 is 0 Å². The molecule has 1 unspecified atom stereocenters. The molecule has 1 aromatic heterocycles. The van der Waals surface area contributed by atoms with Crippen molar-refractivity contribution in [2.75, 3.05) is 0 Å². The number of hydrogen-bond donors (Lipinski definition) is 1. The third kappa shape index (κ3) is 2.54. The molecule has 4 nitrogen and oxygen atoms in total. The van der Waals surface area contributed by atoms with Gasteiger partial charge in [0.05, 0.1) is 0 Å². The van der Waals surface area contributed by atoms with Gasteiger partial charge in [0.15, 0.2) is 0 Å². The van der Waals surface area contributed by atoms with Gasteiger partial charge in [-0.05, 0) is 27.2 Å². The van der Waals surface area contributed by atoms with E-state index in [1.54, 1.807) is 6.33 Å². The van der Waals surface area contributed by atoms with Crippen molar-refractivity contribution in [2.24, 2.45) is 5.73 Å². The molecule has 0 saturated heterocycles. The fraction of sp³-hybridized carbons (Fsp3) is 0.800. The van der Waals surface area contributed by atoms with Crippen LogP contribution in [0, 0.1) is 0 Å². The molecule has 0 aliphatic carbocycles. The highest BCUT2D eigenvalue weighted by Gasteiger charge is 2.20. The highest BCUT2D eigenvalue weighted by Crippen LogP contribution is 2.14. The normalized spacial score (nSPS) is 15.9. The van der Waals surface area contributed by atoms with Crippen molar-refractivity contribution in [3.63, 3.8) is 0 Å². The van der Waals surface area contributed by atoms with Crippen LogP contribution < -0.4 is 5.73 Å². The lowest BCUT2D eigenvalue weighted by Crippen LogP contribution is -2.38. The molecule has 1 heterocycles. The second kappa shape index (κ2) is 4.09. The van der Waals surface area contributed by atoms with Gasteiger partial charge in [-0.1, -0.05) is 6.92 Å². The minimum Gasteiger partial charge on any atom is -0.325 e. The Balaban J connectivity index is 2.81. The van der Waals surface area contributed by atoms with Crippen molar-refractivity contribution in [3.05, 3.63) is 12.2 Å². The van der Waals surface area contributed by atoms with Gasteiger partial charge in [0.25, 0.3) is 0 Å². The second-order valence-electron chi connectivity index (χ2n) is 4.40. The quantitative estimate of drug-likeness (QED) is 0.794. The van der Waals surface area contributed by atoms with Crippen LogP contribution in [-0.4, -0.2) is 20.3 Å². The zero-order chi connectivity index (χ0) is 10.8. The van der Waals surface area contributed by atoms with E-state index in [0.29, 0.717) is 6.04 Å². The maximum atomic E-state index is 6.10. The predicted molar refractivity (Wildman–Crippen MR) is 57.0 cm³/mol. The molecule has 0 fully saturated rings. The lowest BCUT2D eigenvalue weighted by atomic mass is 9.96. The van der Waals surface area contributed by atoms with E-state index in [2.05, 4.69) is 30.9 Å². The van der Waals surface area contributed by atoms with Crippen LogP contribution in [0.3, 0.4) is 0 Å². The molecule has 0 amide bonds. The van der Waals surface area contributed by atoms with E-state index in [9.17, 15) is 0 Å². The van der Waals surface area contributed by atoms with Crippen molar-refractivity contribution < 1.29 is 0 Å². The Labute approximate surface area is 85.5 Å². The van der Waals surface area contributed by atoms with Crippen LogP contribution in [0.25, 0.3) is 0 Å². The van der Waals surface area contributed by atoms with Gasteiger partial charge in [-0.2, -0.15) is 5.10 Å². The van der Waals surface area contributed by atoms with Gasteiger partial charge in [0.2, 0.25) is 0 Å². The van der Waals surface area contributed by atoms with Crippen molar-refractivity contribution >= 4 is 0 Å². The molecule has 1 aromatic rings. The lowest BCUT2D eigenvalue weighted by Gasteiger charge is -2.22. The third-order valence-corrected chi connectivity index (χ3v) is 2.51. The monoisotopic (exact) mass is 196 g/mol. The summed E-state index contributed by atoms with van der Waals surface area (Å²) in [5, 5.41) is 4.18. The van der Waals surface area contributed by atoms with E-state index in [-0.39, 0.29) is 5.54 Å². The Kier molecular flexibility index (Phi) is 3.26. The van der Waals surface area contributed by atoms with Crippen LogP contribution in [0.1, 0.15) is 46.0 Å². The number of rotatable bonds is 4. The molecule has 4 heteroatoms. The highest BCUT2D eigenvalue weighted by atomic mass is 15.3. The fourth-order valence-electron chi connectivity index (χ4n) is 1.32. The average Bonchev–Trinajstić information content (AvgIpc) is 2.51. The second-order valence-corrected chi connectivity index (χ2v) is 4.40. The predicted octanol–water partition coefficient (Wildman–Crippen LogP) is 1.53. The molecular weight excluding hydrogens is 176 g/mol. The van der Waals surface area contributed by atoms with Crippen LogP contribution in [0.4, 0.5) is 0 Å². The zero-order valence-electron chi connectivity index (χ0n) is 9.49. The Hall–Kier alpha value is -0.900. The first kappa shape index (κ1) is 11.2. The van der Waals surface area contributed by atoms with Crippen molar-refractivity contribution in [2.45, 2.75) is 52.1 Å². The first-order valence-corrected chi connectivity index (χ1v) is 5.13. The van der Waals surface area contributed by atoms with Gasteiger partial charge in [-0.3, -0.25) is 0 Å². The van der Waals surface area contributed by atoms with E-state index in [0.717, 1.165) is 18.7 Å². The van der Waals surface area contributed by atoms with Gasteiger partial charge in [0.1, 0.15) is 12.2 Å². The smallest absolute Gasteiger partial charge is 0.138 e. The minimum atomic E-state index is -0.181. The summed E-state index contributed by atoms with van der Waals surface area (Å²) in [6.45, 7) is 8.33. The molecular formula is C10H20N4. The summed E-state index contributed by atoms with van der Waals surface area (Å²) >= 11 is 0. The molecule has 14 heavy (non-hydrogen) atoms. The van der Waals surface area contributed by atoms with Gasteiger partial charge in [-0.25, -0.2) is 9.67 Å². The van der Waals surface area contributed by atoms with Crippen LogP contribution in [0.5, 0.6) is 0 Å². The molecule has 1 atom stereocenters. The van der Waals surface area contributed by atoms with Gasteiger partial charge in [-0.15, -0.1) is 0 Å². The maximum Gasteiger partial charge on any atom is 0.138 e. The summed E-state index contributed by atoms with van der Waals surface area (Å²) in [4.78, 5) is 4.24. The Morgan fingerprint density at radius 1 is 1.57 bits per heavy atom. The van der Waals surface area contributed by atoms with Gasteiger partial charge in [0, 0.05) is 18.0 Å². The molecule has 0 bridgehead atoms. The third-order valence-electron chi connectivity index (χ3n) is 2.51. The Morgan fingerprint density at radius 2 is 2.21 bits per heavy atom. The largest absolute Gasteiger partial charge is 0.325 e. The van der Waals surface area contributed by atoms with E-state index >= 15 is 0 Å². The van der Waals surface area contributed by atoms with E-state index in [1.165, 1.54) is 0 Å². The van der Waals surface area contributed by atoms with Crippen LogP contribution in [0.2, 0.25) is 0 Å². The summed E-state index contributed by atoms with van der Waals surface area (Å²) in [7, 11) is 0. The van der Waals surface area contributed by atoms with Crippen molar-refractivity contribution in [1.29, 1.82) is 0 Å². The van der Waals surface area contributed by atoms with Crippen molar-refractivity contribution in [1.82, 2.24) is 14.8 Å². The zero-order valence-corrected chi connectivity index (χ0v) is 9.49. The molecule has 0 radical (unpaired) electrons. The topological polar surface area (TPSA) is 56.7 Å². The summed E-state index contributed by atoms with van der Waals surface area (Å²) in [6, 6.07) is 0.347. The summed E-state index contributed by atoms with van der Waals surface area (Å²) < 4.78 is 1.93. The van der Waals surface area contributed by atoms with Crippen LogP contribution >= 0.6 is 0 Å². The molecule has 2 N–H and O–H groups in total. The number of hydrogen-bond acceptors (Lipinski definition) is 3. The molecule has 0 aliphatic rings. The van der Waals surface area contributed by atoms with Gasteiger partial charge < -0.3 is 5.73 Å². The lowest BCUT2D eigenvalue weighted by molar-refractivity contribution is 0.411. The first-order chi connectivity index (χ1) is 6.46. The van der Waals surface area contributed by atoms with Crippen molar-refractivity contribution in [3.8, 4) is 0 Å². The maximum absolute atomic E-state index is 6.10. The summed E-state index contributed by atoms with van der Waals surface area (Å²) in [6.07, 6.45) is 3.32. The number of nitrogens with zero attached hydrogens (tertiary/aromatic N) is 3. The number of nitrogens with two attached hydrogens (primary N) is 1. The number of aromatic nitrogens is 3. The minimum absolute atomic E-state index is 0.181. The summed E-state index contributed by atoms with van der Waals surface area (Å²) in [5.41, 5.74) is 5.91. The standard InChI is InChI=1S/C10H20N4/c1-5-10(4,11)6-9-12-7-13-14(9)8(2)3/h7-8H,5-6,11H2,1-4H3. The SMILES string of the molecule is CCC(C)(N)Cc1ncnn1C(C)C. The average molecular weight is 196 g/mol. The molecule has 80 valence electrons. The Morgan fingerprint density at radius 3 is 2.71 bits per heavy atom. The first-order valence-electron chi connectivity index (χ1n) is 5.13. The summed E-state index contributed by atoms with van der Waals surface area (Å²) in [5.74, 6) is 0.979. The van der Waals surface area contributed by atoms with E-state index in [1.807, 2.05) is 11.6 Å².